The first-order valence-corrected chi connectivity index (χ1v) is 8.37. The molecule has 0 N–H and O–H groups in total. The van der Waals surface area contributed by atoms with Crippen molar-refractivity contribution in [1.82, 2.24) is 9.38 Å². The summed E-state index contributed by atoms with van der Waals surface area (Å²) in [4.78, 5) is 16.6. The van der Waals surface area contributed by atoms with Crippen molar-refractivity contribution >= 4 is 11.5 Å². The fraction of sp³-hybridized carbons (Fsp3) is 0.300. The summed E-state index contributed by atoms with van der Waals surface area (Å²) < 4.78 is 7.73. The number of hydrogen-bond donors (Lipinski definition) is 0. The summed E-state index contributed by atoms with van der Waals surface area (Å²) in [7, 11) is 0. The van der Waals surface area contributed by atoms with Crippen LogP contribution in [-0.2, 0) is 11.2 Å². The highest BCUT2D eigenvalue weighted by atomic mass is 16.5. The number of carbonyl (C=O) groups excluding carboxylic acids is 1. The minimum Gasteiger partial charge on any atom is -0.458 e. The lowest BCUT2D eigenvalue weighted by atomic mass is 10.0. The first-order chi connectivity index (χ1) is 11.7. The molecule has 0 aliphatic heterocycles. The summed E-state index contributed by atoms with van der Waals surface area (Å²) >= 11 is 0. The van der Waals surface area contributed by atoms with E-state index in [1.54, 1.807) is 18.6 Å². The molecule has 3 aromatic rings. The number of carbonyl (C=O) groups is 1. The van der Waals surface area contributed by atoms with Gasteiger partial charge in [0.15, 0.2) is 0 Å². The molecule has 4 heteroatoms. The van der Waals surface area contributed by atoms with Crippen molar-refractivity contribution < 1.29 is 9.53 Å². The van der Waals surface area contributed by atoms with Gasteiger partial charge in [-0.05, 0) is 43.4 Å². The number of ether oxygens (including phenoxy) is 1. The van der Waals surface area contributed by atoms with E-state index < -0.39 is 0 Å². The zero-order valence-corrected chi connectivity index (χ0v) is 13.7. The maximum atomic E-state index is 12.5. The van der Waals surface area contributed by atoms with Gasteiger partial charge in [-0.3, -0.25) is 0 Å². The molecule has 2 aromatic heterocycles. The normalized spacial score (nSPS) is 15.4. The van der Waals surface area contributed by atoms with Crippen molar-refractivity contribution in [3.05, 3.63) is 71.8 Å². The molecule has 2 heterocycles. The van der Waals surface area contributed by atoms with Crippen LogP contribution in [0.2, 0.25) is 0 Å². The molecule has 0 amide bonds. The second kappa shape index (κ2) is 6.11. The molecule has 0 saturated heterocycles. The molecule has 0 bridgehead atoms. The lowest BCUT2D eigenvalue weighted by Crippen LogP contribution is -2.23. The molecule has 1 fully saturated rings. The second-order valence-electron chi connectivity index (χ2n) is 6.61. The Balaban J connectivity index is 1.49. The van der Waals surface area contributed by atoms with E-state index >= 15 is 0 Å². The summed E-state index contributed by atoms with van der Waals surface area (Å²) in [6.07, 6.45) is 8.32. The van der Waals surface area contributed by atoms with Crippen LogP contribution in [0.25, 0.3) is 5.52 Å². The summed E-state index contributed by atoms with van der Waals surface area (Å²) in [5.74, 6) is 0.247. The number of esters is 1. The number of rotatable bonds is 5. The van der Waals surface area contributed by atoms with E-state index in [-0.39, 0.29) is 12.1 Å². The van der Waals surface area contributed by atoms with Crippen LogP contribution in [-0.4, -0.2) is 21.5 Å². The Bertz CT molecular complexity index is 863. The van der Waals surface area contributed by atoms with Gasteiger partial charge >= 0.3 is 5.97 Å². The van der Waals surface area contributed by atoms with Crippen LogP contribution < -0.4 is 0 Å². The Morgan fingerprint density at radius 1 is 1.29 bits per heavy atom. The number of fused-ring (bicyclic) bond motifs is 1. The van der Waals surface area contributed by atoms with Gasteiger partial charge in [0.25, 0.3) is 0 Å². The molecule has 122 valence electrons. The van der Waals surface area contributed by atoms with Gasteiger partial charge in [0.1, 0.15) is 6.10 Å². The molecule has 4 nitrogen and oxygen atoms in total. The fourth-order valence-electron chi connectivity index (χ4n) is 2.98. The Morgan fingerprint density at radius 3 is 2.83 bits per heavy atom. The first kappa shape index (κ1) is 14.9. The Kier molecular flexibility index (Phi) is 3.81. The highest BCUT2D eigenvalue weighted by molar-refractivity contribution is 5.90. The standard InChI is InChI=1S/C20H20N2O2/c1-14-2-4-15(5-3-14)10-19(16-6-7-16)24-20(23)17-8-9-22-13-21-12-18(22)11-17/h2-5,8-9,11-13,16,19H,6-7,10H2,1H3. The minimum atomic E-state index is -0.247. The lowest BCUT2D eigenvalue weighted by Gasteiger charge is -2.18. The van der Waals surface area contributed by atoms with Gasteiger partial charge in [-0.2, -0.15) is 0 Å². The molecule has 1 unspecified atom stereocenters. The number of aryl methyl sites for hydroxylation is 1. The van der Waals surface area contributed by atoms with Gasteiger partial charge in [0.05, 0.1) is 23.6 Å². The average Bonchev–Trinajstić information content (AvgIpc) is 3.33. The zero-order chi connectivity index (χ0) is 16.5. The second-order valence-corrected chi connectivity index (χ2v) is 6.61. The molecule has 1 aliphatic rings. The van der Waals surface area contributed by atoms with Crippen molar-refractivity contribution in [3.8, 4) is 0 Å². The SMILES string of the molecule is Cc1ccc(CC(OC(=O)c2ccn3cncc3c2)C2CC2)cc1. The third-order valence-electron chi connectivity index (χ3n) is 4.61. The zero-order valence-electron chi connectivity index (χ0n) is 13.7. The van der Waals surface area contributed by atoms with Gasteiger partial charge in [0.2, 0.25) is 0 Å². The van der Waals surface area contributed by atoms with Crippen LogP contribution in [0.15, 0.2) is 55.1 Å². The van der Waals surface area contributed by atoms with E-state index in [2.05, 4.69) is 36.2 Å². The predicted octanol–water partition coefficient (Wildman–Crippen LogP) is 3.82. The quantitative estimate of drug-likeness (QED) is 0.671. The van der Waals surface area contributed by atoms with Gasteiger partial charge in [0, 0.05) is 12.6 Å². The van der Waals surface area contributed by atoms with Crippen LogP contribution in [0.5, 0.6) is 0 Å². The van der Waals surface area contributed by atoms with Crippen LogP contribution in [0.1, 0.15) is 34.3 Å². The van der Waals surface area contributed by atoms with Gasteiger partial charge < -0.3 is 9.14 Å². The summed E-state index contributed by atoms with van der Waals surface area (Å²) in [5.41, 5.74) is 3.94. The first-order valence-electron chi connectivity index (χ1n) is 8.37. The van der Waals surface area contributed by atoms with Crippen molar-refractivity contribution in [1.29, 1.82) is 0 Å². The van der Waals surface area contributed by atoms with Crippen molar-refractivity contribution in [2.75, 3.05) is 0 Å². The third-order valence-corrected chi connectivity index (χ3v) is 4.61. The van der Waals surface area contributed by atoms with E-state index in [1.165, 1.54) is 11.1 Å². The smallest absolute Gasteiger partial charge is 0.338 e. The number of pyridine rings is 1. The van der Waals surface area contributed by atoms with E-state index in [4.69, 9.17) is 4.74 Å². The van der Waals surface area contributed by atoms with Crippen molar-refractivity contribution in [2.45, 2.75) is 32.3 Å². The Morgan fingerprint density at radius 2 is 2.08 bits per heavy atom. The largest absolute Gasteiger partial charge is 0.458 e. The summed E-state index contributed by atoms with van der Waals surface area (Å²) in [6.45, 7) is 2.08. The molecule has 1 aromatic carbocycles. The van der Waals surface area contributed by atoms with Gasteiger partial charge in [-0.15, -0.1) is 0 Å². The van der Waals surface area contributed by atoms with E-state index in [0.717, 1.165) is 24.8 Å². The van der Waals surface area contributed by atoms with Gasteiger partial charge in [-0.1, -0.05) is 29.8 Å². The number of nitrogens with zero attached hydrogens (tertiary/aromatic N) is 2. The average molecular weight is 320 g/mol. The molecule has 1 atom stereocenters. The number of imidazole rings is 1. The minimum absolute atomic E-state index is 0.0404. The molecule has 1 aliphatic carbocycles. The molecule has 0 radical (unpaired) electrons. The maximum absolute atomic E-state index is 12.5. The van der Waals surface area contributed by atoms with Crippen LogP contribution in [0.4, 0.5) is 0 Å². The van der Waals surface area contributed by atoms with E-state index in [0.29, 0.717) is 11.5 Å². The number of hydrogen-bond acceptors (Lipinski definition) is 3. The van der Waals surface area contributed by atoms with E-state index in [9.17, 15) is 4.79 Å². The summed E-state index contributed by atoms with van der Waals surface area (Å²) in [6, 6.07) is 12.1. The van der Waals surface area contributed by atoms with Crippen molar-refractivity contribution in [2.24, 2.45) is 5.92 Å². The van der Waals surface area contributed by atoms with Crippen molar-refractivity contribution in [3.63, 3.8) is 0 Å². The monoisotopic (exact) mass is 320 g/mol. The number of aromatic nitrogens is 2. The van der Waals surface area contributed by atoms with Crippen LogP contribution in [0.3, 0.4) is 0 Å². The Labute approximate surface area is 141 Å². The highest BCUT2D eigenvalue weighted by Crippen LogP contribution is 2.36. The summed E-state index contributed by atoms with van der Waals surface area (Å²) in [5, 5.41) is 0. The topological polar surface area (TPSA) is 43.6 Å². The molecule has 1 saturated carbocycles. The van der Waals surface area contributed by atoms with Crippen LogP contribution in [0, 0.1) is 12.8 Å². The van der Waals surface area contributed by atoms with Crippen LogP contribution >= 0.6 is 0 Å². The maximum Gasteiger partial charge on any atom is 0.338 e. The Hall–Kier alpha value is -2.62. The lowest BCUT2D eigenvalue weighted by molar-refractivity contribution is 0.0249. The third kappa shape index (κ3) is 3.18. The molecule has 24 heavy (non-hydrogen) atoms. The molecular formula is C20H20N2O2. The molecule has 0 spiro atoms. The molecular weight excluding hydrogens is 300 g/mol. The number of benzene rings is 1. The highest BCUT2D eigenvalue weighted by Gasteiger charge is 2.34. The van der Waals surface area contributed by atoms with Gasteiger partial charge in [-0.25, -0.2) is 9.78 Å². The predicted molar refractivity (Wildman–Crippen MR) is 92.0 cm³/mol. The van der Waals surface area contributed by atoms with E-state index in [1.807, 2.05) is 16.7 Å². The molecule has 4 rings (SSSR count). The fourth-order valence-corrected chi connectivity index (χ4v) is 2.98.